The molecule has 3 heteroatoms. The Morgan fingerprint density at radius 1 is 1.75 bits per heavy atom. The van der Waals surface area contributed by atoms with Crippen molar-refractivity contribution in [1.29, 1.82) is 0 Å². The standard InChI is InChI=1S/C5H9N3/c1-5-3-4-8(2)7-6-5/h3-4,6-7H,1H2,2H3. The van der Waals surface area contributed by atoms with E-state index in [0.717, 1.165) is 5.70 Å². The van der Waals surface area contributed by atoms with Crippen LogP contribution in [0, 0.1) is 0 Å². The summed E-state index contributed by atoms with van der Waals surface area (Å²) in [5, 5.41) is 1.80. The first-order chi connectivity index (χ1) is 3.79. The highest BCUT2D eigenvalue weighted by Crippen LogP contribution is 1.91. The van der Waals surface area contributed by atoms with Crippen LogP contribution in [0.5, 0.6) is 0 Å². The van der Waals surface area contributed by atoms with Gasteiger partial charge >= 0.3 is 0 Å². The molecular weight excluding hydrogens is 102 g/mol. The van der Waals surface area contributed by atoms with Crippen LogP contribution in [0.1, 0.15) is 0 Å². The fourth-order valence-electron chi connectivity index (χ4n) is 0.441. The minimum Gasteiger partial charge on any atom is -0.304 e. The lowest BCUT2D eigenvalue weighted by atomic mass is 10.5. The number of hydrazine groups is 2. The Kier molecular flexibility index (Phi) is 1.22. The predicted octanol–water partition coefficient (Wildman–Crippen LogP) is -0.0316. The second-order valence-corrected chi connectivity index (χ2v) is 1.69. The zero-order valence-corrected chi connectivity index (χ0v) is 4.81. The summed E-state index contributed by atoms with van der Waals surface area (Å²) >= 11 is 0. The van der Waals surface area contributed by atoms with E-state index in [4.69, 9.17) is 0 Å². The lowest BCUT2D eigenvalue weighted by molar-refractivity contribution is 0.278. The molecule has 0 radical (unpaired) electrons. The second kappa shape index (κ2) is 1.88. The van der Waals surface area contributed by atoms with Gasteiger partial charge in [0.15, 0.2) is 0 Å². The van der Waals surface area contributed by atoms with Crippen molar-refractivity contribution in [2.45, 2.75) is 0 Å². The zero-order valence-electron chi connectivity index (χ0n) is 4.81. The summed E-state index contributed by atoms with van der Waals surface area (Å²) in [6, 6.07) is 0. The Labute approximate surface area is 48.6 Å². The molecule has 44 valence electrons. The highest BCUT2D eigenvalue weighted by atomic mass is 15.7. The van der Waals surface area contributed by atoms with Crippen molar-refractivity contribution in [2.24, 2.45) is 0 Å². The van der Waals surface area contributed by atoms with E-state index >= 15 is 0 Å². The molecule has 1 aliphatic rings. The Hall–Kier alpha value is -0.960. The van der Waals surface area contributed by atoms with Gasteiger partial charge in [-0.1, -0.05) is 6.58 Å². The summed E-state index contributed by atoms with van der Waals surface area (Å²) in [5.74, 6) is 0. The molecule has 0 aliphatic carbocycles. The van der Waals surface area contributed by atoms with Gasteiger partial charge in [0.25, 0.3) is 0 Å². The van der Waals surface area contributed by atoms with E-state index in [2.05, 4.69) is 17.5 Å². The molecule has 2 N–H and O–H groups in total. The molecule has 0 saturated carbocycles. The normalized spacial score (nSPS) is 18.6. The maximum Gasteiger partial charge on any atom is 0.0448 e. The second-order valence-electron chi connectivity index (χ2n) is 1.69. The average Bonchev–Trinajstić information content (AvgIpc) is 1.77. The molecular formula is C5H9N3. The van der Waals surface area contributed by atoms with Crippen LogP contribution in [0.4, 0.5) is 0 Å². The van der Waals surface area contributed by atoms with E-state index in [1.807, 2.05) is 19.3 Å². The minimum atomic E-state index is 0.878. The first-order valence-electron chi connectivity index (χ1n) is 2.40. The van der Waals surface area contributed by atoms with Crippen LogP contribution in [-0.4, -0.2) is 12.1 Å². The summed E-state index contributed by atoms with van der Waals surface area (Å²) in [5.41, 5.74) is 6.53. The molecule has 0 aromatic rings. The van der Waals surface area contributed by atoms with Gasteiger partial charge in [-0.25, -0.2) is 0 Å². The van der Waals surface area contributed by atoms with Crippen molar-refractivity contribution < 1.29 is 0 Å². The molecule has 0 saturated heterocycles. The number of nitrogens with one attached hydrogen (secondary N) is 2. The van der Waals surface area contributed by atoms with Gasteiger partial charge in [0.2, 0.25) is 0 Å². The summed E-state index contributed by atoms with van der Waals surface area (Å²) < 4.78 is 0. The van der Waals surface area contributed by atoms with Crippen molar-refractivity contribution in [3.63, 3.8) is 0 Å². The van der Waals surface area contributed by atoms with E-state index in [-0.39, 0.29) is 0 Å². The molecule has 8 heavy (non-hydrogen) atoms. The van der Waals surface area contributed by atoms with Gasteiger partial charge in [-0.15, -0.1) is 5.53 Å². The van der Waals surface area contributed by atoms with Gasteiger partial charge in [0, 0.05) is 18.9 Å². The maximum absolute atomic E-state index is 3.66. The smallest absolute Gasteiger partial charge is 0.0448 e. The highest BCUT2D eigenvalue weighted by molar-refractivity contribution is 5.12. The van der Waals surface area contributed by atoms with Gasteiger partial charge in [-0.05, 0) is 6.08 Å². The van der Waals surface area contributed by atoms with E-state index < -0.39 is 0 Å². The fraction of sp³-hybridized carbons (Fsp3) is 0.200. The largest absolute Gasteiger partial charge is 0.304 e. The quantitative estimate of drug-likeness (QED) is 0.459. The molecule has 0 atom stereocenters. The molecule has 3 nitrogen and oxygen atoms in total. The monoisotopic (exact) mass is 111 g/mol. The van der Waals surface area contributed by atoms with Crippen molar-refractivity contribution in [3.05, 3.63) is 24.6 Å². The van der Waals surface area contributed by atoms with Gasteiger partial charge in [-0.2, -0.15) is 0 Å². The van der Waals surface area contributed by atoms with Crippen LogP contribution in [0.25, 0.3) is 0 Å². The third-order valence-electron chi connectivity index (χ3n) is 0.892. The number of nitrogens with zero attached hydrogens (tertiary/aromatic N) is 1. The predicted molar refractivity (Wildman–Crippen MR) is 32.3 cm³/mol. The molecule has 0 spiro atoms. The van der Waals surface area contributed by atoms with Crippen molar-refractivity contribution in [2.75, 3.05) is 7.05 Å². The molecule has 0 aromatic heterocycles. The lowest BCUT2D eigenvalue weighted by Gasteiger charge is -2.21. The number of hydrogen-bond acceptors (Lipinski definition) is 3. The first-order valence-corrected chi connectivity index (χ1v) is 2.40. The summed E-state index contributed by atoms with van der Waals surface area (Å²) in [6.45, 7) is 3.66. The summed E-state index contributed by atoms with van der Waals surface area (Å²) in [6.07, 6.45) is 3.77. The minimum absolute atomic E-state index is 0.878. The molecule has 1 rings (SSSR count). The number of rotatable bonds is 0. The zero-order chi connectivity index (χ0) is 5.98. The number of allylic oxidation sites excluding steroid dienone is 1. The Morgan fingerprint density at radius 2 is 2.50 bits per heavy atom. The van der Waals surface area contributed by atoms with Crippen LogP contribution in [0.2, 0.25) is 0 Å². The summed E-state index contributed by atoms with van der Waals surface area (Å²) in [7, 11) is 1.90. The van der Waals surface area contributed by atoms with Crippen LogP contribution in [-0.2, 0) is 0 Å². The Bertz CT molecular complexity index is 128. The van der Waals surface area contributed by atoms with E-state index in [0.29, 0.717) is 0 Å². The maximum atomic E-state index is 3.66. The molecule has 1 heterocycles. The van der Waals surface area contributed by atoms with Crippen LogP contribution >= 0.6 is 0 Å². The van der Waals surface area contributed by atoms with E-state index in [1.165, 1.54) is 0 Å². The fourth-order valence-corrected chi connectivity index (χ4v) is 0.441. The molecule has 1 aliphatic heterocycles. The molecule has 0 bridgehead atoms. The van der Waals surface area contributed by atoms with Gasteiger partial charge in [0.05, 0.1) is 0 Å². The van der Waals surface area contributed by atoms with Crippen LogP contribution in [0.3, 0.4) is 0 Å². The summed E-state index contributed by atoms with van der Waals surface area (Å²) in [4.78, 5) is 0. The van der Waals surface area contributed by atoms with Gasteiger partial charge in [0.1, 0.15) is 0 Å². The lowest BCUT2D eigenvalue weighted by Crippen LogP contribution is -2.43. The van der Waals surface area contributed by atoms with Crippen molar-refractivity contribution >= 4 is 0 Å². The van der Waals surface area contributed by atoms with Gasteiger partial charge in [-0.3, -0.25) is 0 Å². The molecule has 0 aromatic carbocycles. The van der Waals surface area contributed by atoms with Crippen LogP contribution < -0.4 is 11.0 Å². The number of hydrogen-bond donors (Lipinski definition) is 2. The molecule has 0 fully saturated rings. The van der Waals surface area contributed by atoms with E-state index in [9.17, 15) is 0 Å². The Morgan fingerprint density at radius 3 is 2.88 bits per heavy atom. The Balaban J connectivity index is 2.55. The molecule has 0 unspecified atom stereocenters. The molecule has 0 amide bonds. The third-order valence-corrected chi connectivity index (χ3v) is 0.892. The highest BCUT2D eigenvalue weighted by Gasteiger charge is 1.94. The SMILES string of the molecule is C=C1C=CN(C)NN1. The first kappa shape index (κ1) is 5.18. The van der Waals surface area contributed by atoms with E-state index in [1.54, 1.807) is 5.01 Å². The average molecular weight is 111 g/mol. The van der Waals surface area contributed by atoms with Gasteiger partial charge < -0.3 is 10.4 Å². The van der Waals surface area contributed by atoms with Crippen molar-refractivity contribution in [1.82, 2.24) is 16.0 Å². The topological polar surface area (TPSA) is 27.3 Å². The van der Waals surface area contributed by atoms with Crippen molar-refractivity contribution in [3.8, 4) is 0 Å². The third kappa shape index (κ3) is 1.01. The van der Waals surface area contributed by atoms with Crippen LogP contribution in [0.15, 0.2) is 24.6 Å².